The number of nitrogens with one attached hydrogen (secondary N) is 3. The molecule has 2 amide bonds. The molecule has 1 fully saturated rings. The van der Waals surface area contributed by atoms with Crippen LogP contribution in [0, 0.1) is 0 Å². The summed E-state index contributed by atoms with van der Waals surface area (Å²) in [5, 5.41) is 2.96. The summed E-state index contributed by atoms with van der Waals surface area (Å²) < 4.78 is 5.60. The number of carbonyl (C=O) groups excluding carboxylic acids is 2. The van der Waals surface area contributed by atoms with Gasteiger partial charge >= 0.3 is 0 Å². The number of ether oxygens (including phenoxy) is 1. The van der Waals surface area contributed by atoms with Gasteiger partial charge in [0.1, 0.15) is 38.5 Å². The van der Waals surface area contributed by atoms with Crippen molar-refractivity contribution in [1.29, 1.82) is 0 Å². The Hall–Kier alpha value is -2.90. The molecule has 0 spiro atoms. The average molecular weight is 425 g/mol. The topological polar surface area (TPSA) is 67.5 Å². The van der Waals surface area contributed by atoms with E-state index in [9.17, 15) is 9.59 Å². The quantitative estimate of drug-likeness (QED) is 0.572. The predicted molar refractivity (Wildman–Crippen MR) is 119 cm³/mol. The molecule has 0 bridgehead atoms. The van der Waals surface area contributed by atoms with Crippen molar-refractivity contribution < 1.29 is 24.1 Å². The van der Waals surface area contributed by atoms with Crippen LogP contribution in [0.15, 0.2) is 42.5 Å². The van der Waals surface area contributed by atoms with Crippen molar-refractivity contribution in [3.05, 3.63) is 59.2 Å². The number of amides is 2. The highest BCUT2D eigenvalue weighted by Crippen LogP contribution is 2.25. The van der Waals surface area contributed by atoms with Crippen molar-refractivity contribution in [3.63, 3.8) is 0 Å². The summed E-state index contributed by atoms with van der Waals surface area (Å²) >= 11 is 0. The molecule has 0 saturated carbocycles. The minimum Gasteiger partial charge on any atom is -0.493 e. The van der Waals surface area contributed by atoms with Crippen LogP contribution in [0.5, 0.6) is 5.75 Å². The first-order valence-corrected chi connectivity index (χ1v) is 11.0. The summed E-state index contributed by atoms with van der Waals surface area (Å²) in [5.74, 6) is 1.01. The number of hydrogen-bond donors (Lipinski definition) is 3. The van der Waals surface area contributed by atoms with E-state index in [1.807, 2.05) is 0 Å². The van der Waals surface area contributed by atoms with Gasteiger partial charge in [0.05, 0.1) is 6.61 Å². The maximum Gasteiger partial charge on any atom is 0.279 e. The van der Waals surface area contributed by atoms with E-state index in [2.05, 4.69) is 23.5 Å². The van der Waals surface area contributed by atoms with Gasteiger partial charge in [-0.15, -0.1) is 0 Å². The maximum atomic E-state index is 12.5. The third-order valence-electron chi connectivity index (χ3n) is 6.10. The SMILES string of the molecule is CN(C)C(=O)c1ccc(NC(=O)C[NH+]2CC[NH+](Cc3ccc4c(c3)CCO4)CC2)cc1. The van der Waals surface area contributed by atoms with Crippen molar-refractivity contribution in [2.45, 2.75) is 13.0 Å². The molecule has 1 saturated heterocycles. The second-order valence-electron chi connectivity index (χ2n) is 8.72. The lowest BCUT2D eigenvalue weighted by atomic mass is 10.1. The zero-order valence-electron chi connectivity index (χ0n) is 18.4. The highest BCUT2D eigenvalue weighted by Gasteiger charge is 2.25. The monoisotopic (exact) mass is 424 g/mol. The van der Waals surface area contributed by atoms with Crippen LogP contribution >= 0.6 is 0 Å². The molecule has 0 unspecified atom stereocenters. The number of rotatable bonds is 6. The van der Waals surface area contributed by atoms with Gasteiger partial charge < -0.3 is 24.8 Å². The smallest absolute Gasteiger partial charge is 0.279 e. The minimum absolute atomic E-state index is 0.0174. The number of anilines is 1. The molecule has 31 heavy (non-hydrogen) atoms. The Morgan fingerprint density at radius 2 is 1.71 bits per heavy atom. The molecular weight excluding hydrogens is 392 g/mol. The van der Waals surface area contributed by atoms with Crippen molar-refractivity contribution in [2.75, 3.05) is 58.7 Å². The van der Waals surface area contributed by atoms with Crippen molar-refractivity contribution >= 4 is 17.5 Å². The van der Waals surface area contributed by atoms with Gasteiger partial charge in [-0.2, -0.15) is 0 Å². The van der Waals surface area contributed by atoms with E-state index in [4.69, 9.17) is 4.74 Å². The first-order valence-electron chi connectivity index (χ1n) is 11.0. The zero-order valence-corrected chi connectivity index (χ0v) is 18.4. The summed E-state index contributed by atoms with van der Waals surface area (Å²) in [5.41, 5.74) is 4.04. The van der Waals surface area contributed by atoms with Crippen LogP contribution in [-0.2, 0) is 17.8 Å². The van der Waals surface area contributed by atoms with E-state index in [0.717, 1.165) is 57.2 Å². The lowest BCUT2D eigenvalue weighted by Gasteiger charge is -2.29. The highest BCUT2D eigenvalue weighted by molar-refractivity contribution is 5.95. The van der Waals surface area contributed by atoms with E-state index < -0.39 is 0 Å². The number of quaternary nitrogens is 2. The summed E-state index contributed by atoms with van der Waals surface area (Å²) in [6.07, 6.45) is 1.01. The lowest BCUT2D eigenvalue weighted by molar-refractivity contribution is -1.02. The fraction of sp³-hybridized carbons (Fsp3) is 0.417. The molecule has 164 valence electrons. The Kier molecular flexibility index (Phi) is 6.53. The molecule has 2 aromatic carbocycles. The first kappa shape index (κ1) is 21.3. The molecule has 2 aliphatic heterocycles. The third kappa shape index (κ3) is 5.42. The molecule has 2 aliphatic rings. The number of piperazine rings is 1. The number of carbonyl (C=O) groups is 2. The number of hydrogen-bond acceptors (Lipinski definition) is 3. The van der Waals surface area contributed by atoms with Gasteiger partial charge in [-0.3, -0.25) is 9.59 Å². The van der Waals surface area contributed by atoms with Crippen LogP contribution in [0.4, 0.5) is 5.69 Å². The van der Waals surface area contributed by atoms with Gasteiger partial charge in [0.25, 0.3) is 11.8 Å². The Balaban J connectivity index is 1.21. The molecule has 7 nitrogen and oxygen atoms in total. The largest absolute Gasteiger partial charge is 0.493 e. The Labute approximate surface area is 183 Å². The number of benzene rings is 2. The van der Waals surface area contributed by atoms with Gasteiger partial charge in [0.2, 0.25) is 0 Å². The third-order valence-corrected chi connectivity index (χ3v) is 6.10. The van der Waals surface area contributed by atoms with Crippen LogP contribution in [0.3, 0.4) is 0 Å². The second kappa shape index (κ2) is 9.49. The van der Waals surface area contributed by atoms with Crippen molar-refractivity contribution in [1.82, 2.24) is 4.90 Å². The maximum absolute atomic E-state index is 12.5. The Morgan fingerprint density at radius 1 is 1.00 bits per heavy atom. The molecule has 4 rings (SSSR count). The summed E-state index contributed by atoms with van der Waals surface area (Å²) in [7, 11) is 3.45. The molecule has 0 aliphatic carbocycles. The number of nitrogens with zero attached hydrogens (tertiary/aromatic N) is 1. The Bertz CT molecular complexity index is 934. The van der Waals surface area contributed by atoms with E-state index in [1.54, 1.807) is 43.3 Å². The average Bonchev–Trinajstić information content (AvgIpc) is 3.23. The molecule has 2 aromatic rings. The minimum atomic E-state index is -0.0455. The fourth-order valence-corrected chi connectivity index (χ4v) is 4.34. The molecule has 0 atom stereocenters. The first-order chi connectivity index (χ1) is 15.0. The molecule has 7 heteroatoms. The van der Waals surface area contributed by atoms with Crippen LogP contribution in [0.1, 0.15) is 21.5 Å². The number of fused-ring (bicyclic) bond motifs is 1. The fourth-order valence-electron chi connectivity index (χ4n) is 4.34. The van der Waals surface area contributed by atoms with Crippen molar-refractivity contribution in [2.24, 2.45) is 0 Å². The van der Waals surface area contributed by atoms with E-state index in [1.165, 1.54) is 20.9 Å². The van der Waals surface area contributed by atoms with E-state index in [0.29, 0.717) is 12.1 Å². The lowest BCUT2D eigenvalue weighted by Crippen LogP contribution is -3.28. The van der Waals surface area contributed by atoms with Crippen LogP contribution < -0.4 is 19.9 Å². The van der Waals surface area contributed by atoms with Crippen LogP contribution in [0.25, 0.3) is 0 Å². The highest BCUT2D eigenvalue weighted by atomic mass is 16.5. The predicted octanol–water partition coefficient (Wildman–Crippen LogP) is -0.755. The Morgan fingerprint density at radius 3 is 2.42 bits per heavy atom. The van der Waals surface area contributed by atoms with Gasteiger partial charge in [0, 0.05) is 37.3 Å². The summed E-state index contributed by atoms with van der Waals surface area (Å²) in [6.45, 7) is 6.43. The van der Waals surface area contributed by atoms with Crippen LogP contribution in [0.2, 0.25) is 0 Å². The summed E-state index contributed by atoms with van der Waals surface area (Å²) in [6, 6.07) is 13.6. The normalized spacial score (nSPS) is 19.9. The van der Waals surface area contributed by atoms with E-state index >= 15 is 0 Å². The second-order valence-corrected chi connectivity index (χ2v) is 8.72. The van der Waals surface area contributed by atoms with Gasteiger partial charge in [0.15, 0.2) is 6.54 Å². The molecular formula is C24H32N4O3+2. The zero-order chi connectivity index (χ0) is 21.8. The van der Waals surface area contributed by atoms with Gasteiger partial charge in [-0.1, -0.05) is 0 Å². The van der Waals surface area contributed by atoms with Gasteiger partial charge in [-0.25, -0.2) is 0 Å². The van der Waals surface area contributed by atoms with Gasteiger partial charge in [-0.05, 0) is 48.0 Å². The summed E-state index contributed by atoms with van der Waals surface area (Å²) in [4.78, 5) is 28.9. The molecule has 2 heterocycles. The molecule has 3 N–H and O–H groups in total. The van der Waals surface area contributed by atoms with E-state index in [-0.39, 0.29) is 11.8 Å². The standard InChI is InChI=1S/C24H30N4O3/c1-26(2)24(30)19-4-6-21(7-5-19)25-23(29)17-28-12-10-27(11-13-28)16-18-3-8-22-20(15-18)9-14-31-22/h3-8,15H,9-14,16-17H2,1-2H3,(H,25,29)/p+2. The van der Waals surface area contributed by atoms with Crippen molar-refractivity contribution in [3.8, 4) is 5.75 Å². The molecule has 0 aromatic heterocycles. The van der Waals surface area contributed by atoms with Crippen LogP contribution in [-0.4, -0.2) is 70.1 Å². The molecule has 0 radical (unpaired) electrons.